The summed E-state index contributed by atoms with van der Waals surface area (Å²) in [6.07, 6.45) is 9.85. The first-order valence-corrected chi connectivity index (χ1v) is 50.2. The van der Waals surface area contributed by atoms with E-state index in [-0.39, 0.29) is 78.9 Å². The van der Waals surface area contributed by atoms with Crippen LogP contribution < -0.4 is 11.5 Å². The van der Waals surface area contributed by atoms with Crippen LogP contribution in [0.2, 0.25) is 56.4 Å². The van der Waals surface area contributed by atoms with Crippen molar-refractivity contribution in [1.82, 2.24) is 22.2 Å². The van der Waals surface area contributed by atoms with Crippen molar-refractivity contribution >= 4 is 159 Å². The van der Waals surface area contributed by atoms with Gasteiger partial charge in [0.25, 0.3) is 0 Å². The Balaban J connectivity index is 0.000000216. The standard InChI is InChI=1S/C19H31ClN2O4SSi.C19H31ClN2O3S2Si.C15H17ClN2O3S2.C13H14ClNO4S.C4H9BrO2/c1-19(2,3)28(4,5)26-13-15-7-6-8-17(18(21)23)22(15)27(24,25)16-11-9-14(20)10-12-16;1-19(2,3)28(4,5)25-13-15-7-6-8-17(18(21)26)22(15)27(23,24)16-11-9-14(20)10-12-16;16-11-4-6-13(7-5-11)23(20,21)18-12(10-19)2-1-3-14(18)15-17-8-9-22-15;14-9-4-6-11(7-5-9)20(17,18)15-10-2-1-3-12(15)13(16)19-8-10;1-6-4(3-5)7-2/h9-12,15,17H,6-8,13H2,1-5H3,(H2,21,23);9-12,15,17H,6-8,13H2,1-5H3,(H2,21,26);4-9,12,14,19H,1-3,10H2;4-7,10,12H,1-3,8H2;4H,3H2,1-2H3. The SMILES string of the molecule is CC(C)(C)[Si](C)(C)OCC1CCCC(C(N)=O)N1S(=O)(=O)c1ccc(Cl)cc1.CC(C)(C)[Si](C)(C)OCC1CCCC(C(N)=S)N1S(=O)(=O)c1ccc(Cl)cc1.COC(CBr)OC.O=C1OCC2CCCC1N2S(=O)(=O)c1ccc(Cl)cc1.O=S(=O)(c1ccc(Cl)cc1)N1C(CO)CCCC1c1nccs1. The molecule has 5 aliphatic rings. The number of amides is 1. The Morgan fingerprint density at radius 3 is 1.29 bits per heavy atom. The lowest BCUT2D eigenvalue weighted by Gasteiger charge is -2.43. The first-order valence-electron chi connectivity index (χ1n) is 34.7. The Kier molecular flexibility index (Phi) is 34.2. The second kappa shape index (κ2) is 39.5. The third kappa shape index (κ3) is 23.5. The lowest BCUT2D eigenvalue weighted by Crippen LogP contribution is -2.59. The Hall–Kier alpha value is -3.15. The van der Waals surface area contributed by atoms with Crippen LogP contribution in [0.15, 0.2) is 128 Å². The highest BCUT2D eigenvalue weighted by atomic mass is 79.9. The van der Waals surface area contributed by atoms with E-state index in [2.05, 4.69) is 88.6 Å². The number of nitrogens with zero attached hydrogens (tertiary/aromatic N) is 5. The number of carbonyl (C=O) groups is 2. The number of piperidine rings is 4. The smallest absolute Gasteiger partial charge is 0.324 e. The van der Waals surface area contributed by atoms with Crippen molar-refractivity contribution < 1.29 is 71.4 Å². The van der Waals surface area contributed by atoms with E-state index in [0.717, 1.165) is 48.9 Å². The number of rotatable bonds is 21. The van der Waals surface area contributed by atoms with Crippen molar-refractivity contribution in [2.45, 2.75) is 229 Å². The number of esters is 1. The van der Waals surface area contributed by atoms with E-state index in [0.29, 0.717) is 65.2 Å². The van der Waals surface area contributed by atoms with E-state index in [1.807, 2.05) is 5.38 Å². The Morgan fingerprint density at radius 2 is 0.943 bits per heavy atom. The van der Waals surface area contributed by atoms with Crippen LogP contribution in [0.3, 0.4) is 0 Å². The van der Waals surface area contributed by atoms with Gasteiger partial charge in [-0.3, -0.25) is 9.59 Å². The van der Waals surface area contributed by atoms with Gasteiger partial charge < -0.3 is 39.6 Å². The van der Waals surface area contributed by atoms with Gasteiger partial charge >= 0.3 is 5.97 Å². The van der Waals surface area contributed by atoms with Crippen molar-refractivity contribution in [3.05, 3.63) is 134 Å². The van der Waals surface area contributed by atoms with E-state index in [1.165, 1.54) is 101 Å². The molecule has 5 N–H and O–H groups in total. The number of aromatic nitrogens is 1. The molecule has 5 aromatic rings. The summed E-state index contributed by atoms with van der Waals surface area (Å²) in [6.45, 7) is 22.0. The maximum absolute atomic E-state index is 13.5. The minimum Gasteiger partial charge on any atom is -0.463 e. The average Bonchev–Trinajstić information content (AvgIpc) is 1.07. The second-order valence-electron chi connectivity index (χ2n) is 29.2. The number of thiazole rings is 1. The van der Waals surface area contributed by atoms with E-state index >= 15 is 0 Å². The zero-order valence-electron chi connectivity index (χ0n) is 61.9. The number of sulfonamides is 4. The van der Waals surface area contributed by atoms with Crippen molar-refractivity contribution in [3.8, 4) is 0 Å². The first-order chi connectivity index (χ1) is 49.4. The maximum atomic E-state index is 13.5. The topological polar surface area (TPSA) is 315 Å². The second-order valence-corrected chi connectivity index (χ2v) is 50.0. The van der Waals surface area contributed by atoms with Gasteiger partial charge in [0, 0.05) is 64.0 Å². The number of ether oxygens (including phenoxy) is 3. The van der Waals surface area contributed by atoms with Crippen LogP contribution in [-0.2, 0) is 72.7 Å². The Bertz CT molecular complexity index is 4010. The molecule has 6 heterocycles. The zero-order valence-corrected chi connectivity index (χ0v) is 73.4. The third-order valence-corrected chi connectivity index (χ3v) is 39.7. The number of methoxy groups -OCH3 is 2. The summed E-state index contributed by atoms with van der Waals surface area (Å²) >= 11 is 33.3. The molecule has 0 saturated carbocycles. The predicted molar refractivity (Wildman–Crippen MR) is 431 cm³/mol. The highest BCUT2D eigenvalue weighted by Crippen LogP contribution is 2.43. The number of halogens is 5. The molecule has 0 aliphatic carbocycles. The predicted octanol–water partition coefficient (Wildman–Crippen LogP) is 14.2. The van der Waals surface area contributed by atoms with Crippen LogP contribution in [0.1, 0.15) is 130 Å². The summed E-state index contributed by atoms with van der Waals surface area (Å²) in [6, 6.07) is 20.5. The fourth-order valence-corrected chi connectivity index (χ4v) is 23.7. The molecule has 1 amide bonds. The summed E-state index contributed by atoms with van der Waals surface area (Å²) in [5.74, 6) is -1.08. The monoisotopic (exact) mass is 1760 g/mol. The highest BCUT2D eigenvalue weighted by molar-refractivity contribution is 9.09. The molecule has 4 aromatic carbocycles. The molecule has 5 fully saturated rings. The van der Waals surface area contributed by atoms with Crippen LogP contribution in [0.25, 0.3) is 0 Å². The number of fused-ring (bicyclic) bond motifs is 2. The van der Waals surface area contributed by atoms with E-state index < -0.39 is 98.8 Å². The molecule has 0 spiro atoms. The number of thiocarbonyl (C=S) groups is 1. The number of nitrogens with two attached hydrogens (primary N) is 2. The number of aliphatic hydroxyl groups excluding tert-OH is 1. The van der Waals surface area contributed by atoms with Gasteiger partial charge in [0.1, 0.15) is 23.7 Å². The van der Waals surface area contributed by atoms with Gasteiger partial charge in [-0.25, -0.2) is 38.7 Å². The summed E-state index contributed by atoms with van der Waals surface area (Å²) in [5, 5.41) is 15.0. The van der Waals surface area contributed by atoms with Gasteiger partial charge in [0.15, 0.2) is 22.9 Å². The molecule has 8 atom stereocenters. The molecule has 8 unspecified atom stereocenters. The van der Waals surface area contributed by atoms with Gasteiger partial charge in [-0.2, -0.15) is 17.2 Å². The molecule has 2 bridgehead atoms. The normalized spacial score (nSPS) is 22.5. The van der Waals surface area contributed by atoms with Crippen LogP contribution in [0, 0.1) is 0 Å². The number of primary amides is 1. The number of carbonyl (C=O) groups excluding carboxylic acids is 2. The van der Waals surface area contributed by atoms with E-state index in [9.17, 15) is 48.4 Å². The van der Waals surface area contributed by atoms with E-state index in [4.69, 9.17) is 93.2 Å². The molecule has 0 radical (unpaired) electrons. The molecule has 36 heteroatoms. The van der Waals surface area contributed by atoms with Crippen LogP contribution in [-0.4, -0.2) is 189 Å². The maximum Gasteiger partial charge on any atom is 0.324 e. The van der Waals surface area contributed by atoms with Gasteiger partial charge in [0.2, 0.25) is 46.0 Å². The molecule has 23 nitrogen and oxygen atoms in total. The van der Waals surface area contributed by atoms with Crippen LogP contribution in [0.4, 0.5) is 0 Å². The third-order valence-electron chi connectivity index (χ3n) is 20.1. The molecule has 1 aromatic heterocycles. The fraction of sp³-hybridized carbons (Fsp3) is 0.571. The summed E-state index contributed by atoms with van der Waals surface area (Å²) in [4.78, 5) is 29.0. The number of hydrogen-bond acceptors (Lipinski definition) is 19. The molecular weight excluding hydrogens is 1670 g/mol. The minimum absolute atomic E-state index is 0.00460. The molecule has 5 saturated heterocycles. The number of hydrogen-bond donors (Lipinski definition) is 3. The van der Waals surface area contributed by atoms with Crippen LogP contribution >= 0.6 is 85.9 Å². The molecule has 5 aliphatic heterocycles. The molecule has 106 heavy (non-hydrogen) atoms. The first kappa shape index (κ1) is 91.7. The Labute approximate surface area is 667 Å². The number of cyclic esters (lactones) is 1. The number of alkyl halides is 1. The minimum atomic E-state index is -3.92. The molecular formula is C70H102BrCl4N7O16S6Si2. The fourth-order valence-electron chi connectivity index (χ4n) is 12.2. The lowest BCUT2D eigenvalue weighted by molar-refractivity contribution is -0.160. The van der Waals surface area contributed by atoms with Gasteiger partial charge in [0.05, 0.1) is 67.8 Å². The van der Waals surface area contributed by atoms with Crippen LogP contribution in [0.5, 0.6) is 0 Å². The highest BCUT2D eigenvalue weighted by Gasteiger charge is 2.50. The van der Waals surface area contributed by atoms with Gasteiger partial charge in [-0.1, -0.05) is 116 Å². The molecule has 592 valence electrons. The zero-order chi connectivity index (χ0) is 79.1. The number of benzene rings is 4. The summed E-state index contributed by atoms with van der Waals surface area (Å²) in [5.41, 5.74) is 11.5. The van der Waals surface area contributed by atoms with Crippen molar-refractivity contribution in [2.24, 2.45) is 11.5 Å². The largest absolute Gasteiger partial charge is 0.463 e. The number of morpholine rings is 1. The summed E-state index contributed by atoms with van der Waals surface area (Å²) < 4.78 is 138. The average molecular weight is 1770 g/mol. The number of aliphatic hydroxyl groups is 1. The summed E-state index contributed by atoms with van der Waals surface area (Å²) in [7, 11) is -16.0. The quantitative estimate of drug-likeness (QED) is 0.0202. The van der Waals surface area contributed by atoms with Crippen molar-refractivity contribution in [3.63, 3.8) is 0 Å². The van der Waals surface area contributed by atoms with Crippen molar-refractivity contribution in [1.29, 1.82) is 0 Å². The van der Waals surface area contributed by atoms with E-state index in [1.54, 1.807) is 44.7 Å². The van der Waals surface area contributed by atoms with Gasteiger partial charge in [-0.15, -0.1) is 11.3 Å². The molecule has 10 rings (SSSR count). The lowest BCUT2D eigenvalue weighted by atomic mass is 9.97. The van der Waals surface area contributed by atoms with Gasteiger partial charge in [-0.05, 0) is 210 Å². The Morgan fingerprint density at radius 1 is 0.585 bits per heavy atom. The van der Waals surface area contributed by atoms with Crippen molar-refractivity contribution in [2.75, 3.05) is 46.0 Å².